The molecule has 0 radical (unpaired) electrons. The molecule has 106 valence electrons. The molecule has 1 aromatic rings. The third kappa shape index (κ3) is 3.42. The van der Waals surface area contributed by atoms with Crippen LogP contribution in [0.2, 0.25) is 18.1 Å². The fourth-order valence-electron chi connectivity index (χ4n) is 1.83. The van der Waals surface area contributed by atoms with Gasteiger partial charge in [-0.25, -0.2) is 9.97 Å². The van der Waals surface area contributed by atoms with E-state index in [1.54, 1.807) is 0 Å². The van der Waals surface area contributed by atoms with Gasteiger partial charge in [-0.05, 0) is 37.0 Å². The molecule has 0 aromatic carbocycles. The van der Waals surface area contributed by atoms with Crippen molar-refractivity contribution in [3.8, 4) is 0 Å². The summed E-state index contributed by atoms with van der Waals surface area (Å²) in [5.41, 5.74) is 1.03. The quantitative estimate of drug-likeness (QED) is 0.772. The third-order valence-corrected chi connectivity index (χ3v) is 9.07. The molecular weight excluding hydrogens is 252 g/mol. The Morgan fingerprint density at radius 1 is 1.32 bits per heavy atom. The Labute approximate surface area is 117 Å². The zero-order valence-electron chi connectivity index (χ0n) is 12.9. The van der Waals surface area contributed by atoms with E-state index in [1.807, 2.05) is 12.3 Å². The second-order valence-electron chi connectivity index (χ2n) is 7.08. The molecule has 0 aliphatic heterocycles. The topological polar surface area (TPSA) is 35.0 Å². The monoisotopic (exact) mass is 278 g/mol. The van der Waals surface area contributed by atoms with Crippen molar-refractivity contribution in [2.24, 2.45) is 0 Å². The maximum Gasteiger partial charge on any atom is 0.192 e. The molecule has 3 nitrogen and oxygen atoms in total. The first kappa shape index (κ1) is 14.7. The van der Waals surface area contributed by atoms with Crippen molar-refractivity contribution in [1.29, 1.82) is 0 Å². The van der Waals surface area contributed by atoms with Crippen LogP contribution in [0.4, 0.5) is 0 Å². The summed E-state index contributed by atoms with van der Waals surface area (Å²) in [6, 6.07) is 1.98. The zero-order valence-corrected chi connectivity index (χ0v) is 13.9. The predicted molar refractivity (Wildman–Crippen MR) is 80.6 cm³/mol. The maximum absolute atomic E-state index is 6.21. The van der Waals surface area contributed by atoms with Gasteiger partial charge in [0.1, 0.15) is 5.82 Å². The van der Waals surface area contributed by atoms with Gasteiger partial charge in [-0.1, -0.05) is 27.2 Å². The van der Waals surface area contributed by atoms with Gasteiger partial charge in [0.05, 0.1) is 12.3 Å². The molecule has 0 saturated heterocycles. The number of hydrogen-bond acceptors (Lipinski definition) is 3. The molecular formula is C15H26N2OSi. The second-order valence-corrected chi connectivity index (χ2v) is 11.9. The van der Waals surface area contributed by atoms with E-state index in [1.165, 1.54) is 19.3 Å². The molecule has 1 saturated carbocycles. The second kappa shape index (κ2) is 5.33. The van der Waals surface area contributed by atoms with Gasteiger partial charge in [0.25, 0.3) is 0 Å². The molecule has 1 heterocycles. The Balaban J connectivity index is 1.99. The Morgan fingerprint density at radius 3 is 2.53 bits per heavy atom. The number of rotatable bonds is 4. The van der Waals surface area contributed by atoms with Crippen LogP contribution < -0.4 is 0 Å². The molecule has 0 spiro atoms. The van der Waals surface area contributed by atoms with Gasteiger partial charge < -0.3 is 4.43 Å². The van der Waals surface area contributed by atoms with Crippen LogP contribution >= 0.6 is 0 Å². The fourth-order valence-corrected chi connectivity index (χ4v) is 2.77. The largest absolute Gasteiger partial charge is 0.411 e. The average Bonchev–Trinajstić information content (AvgIpc) is 2.23. The van der Waals surface area contributed by atoms with Gasteiger partial charge in [0.15, 0.2) is 8.32 Å². The molecule has 2 rings (SSSR count). The predicted octanol–water partition coefficient (Wildman–Crippen LogP) is 4.27. The number of nitrogens with zero attached hydrogens (tertiary/aromatic N) is 2. The van der Waals surface area contributed by atoms with E-state index in [4.69, 9.17) is 4.43 Å². The minimum absolute atomic E-state index is 0.247. The first-order valence-electron chi connectivity index (χ1n) is 7.25. The fraction of sp³-hybridized carbons (Fsp3) is 0.733. The molecule has 0 atom stereocenters. The highest BCUT2D eigenvalue weighted by atomic mass is 28.4. The highest BCUT2D eigenvalue weighted by Crippen LogP contribution is 2.37. The van der Waals surface area contributed by atoms with E-state index in [0.29, 0.717) is 12.5 Å². The van der Waals surface area contributed by atoms with Crippen LogP contribution in [0.3, 0.4) is 0 Å². The van der Waals surface area contributed by atoms with Gasteiger partial charge in [0, 0.05) is 12.1 Å². The van der Waals surface area contributed by atoms with Crippen molar-refractivity contribution < 1.29 is 4.43 Å². The molecule has 1 aliphatic carbocycles. The summed E-state index contributed by atoms with van der Waals surface area (Å²) in [6.07, 6.45) is 5.68. The first-order valence-corrected chi connectivity index (χ1v) is 10.2. The van der Waals surface area contributed by atoms with Crippen molar-refractivity contribution in [3.05, 3.63) is 23.8 Å². The van der Waals surface area contributed by atoms with Crippen molar-refractivity contribution in [2.75, 3.05) is 0 Å². The van der Waals surface area contributed by atoms with Crippen molar-refractivity contribution in [1.82, 2.24) is 9.97 Å². The summed E-state index contributed by atoms with van der Waals surface area (Å²) in [7, 11) is -1.69. The van der Waals surface area contributed by atoms with Gasteiger partial charge >= 0.3 is 0 Å². The van der Waals surface area contributed by atoms with E-state index in [9.17, 15) is 0 Å². The molecule has 4 heteroatoms. The smallest absolute Gasteiger partial charge is 0.192 e. The molecule has 1 aliphatic rings. The molecule has 0 bridgehead atoms. The lowest BCUT2D eigenvalue weighted by Crippen LogP contribution is -2.40. The maximum atomic E-state index is 6.21. The molecule has 0 N–H and O–H groups in total. The van der Waals surface area contributed by atoms with Gasteiger partial charge in [-0.2, -0.15) is 0 Å². The minimum atomic E-state index is -1.69. The average molecular weight is 278 g/mol. The number of aromatic nitrogens is 2. The van der Waals surface area contributed by atoms with E-state index in [0.717, 1.165) is 11.5 Å². The summed E-state index contributed by atoms with van der Waals surface area (Å²) in [6.45, 7) is 12.0. The molecule has 1 aromatic heterocycles. The minimum Gasteiger partial charge on any atom is -0.411 e. The Hall–Kier alpha value is -0.743. The molecule has 19 heavy (non-hydrogen) atoms. The van der Waals surface area contributed by atoms with E-state index >= 15 is 0 Å². The highest BCUT2D eigenvalue weighted by molar-refractivity contribution is 6.74. The Kier molecular flexibility index (Phi) is 4.11. The SMILES string of the molecule is CC(C)(C)[Si](C)(C)OCc1ccnc(C2CCC2)n1. The number of hydrogen-bond donors (Lipinski definition) is 0. The first-order chi connectivity index (χ1) is 8.79. The Bertz CT molecular complexity index is 436. The van der Waals surface area contributed by atoms with Gasteiger partial charge in [-0.3, -0.25) is 0 Å². The van der Waals surface area contributed by atoms with Crippen LogP contribution in [0.1, 0.15) is 57.5 Å². The summed E-state index contributed by atoms with van der Waals surface area (Å²) < 4.78 is 6.21. The van der Waals surface area contributed by atoms with Crippen LogP contribution in [-0.2, 0) is 11.0 Å². The summed E-state index contributed by atoms with van der Waals surface area (Å²) in [4.78, 5) is 9.07. The van der Waals surface area contributed by atoms with E-state index in [-0.39, 0.29) is 5.04 Å². The molecule has 1 fully saturated rings. The highest BCUT2D eigenvalue weighted by Gasteiger charge is 2.37. The molecule has 0 amide bonds. The van der Waals surface area contributed by atoms with E-state index < -0.39 is 8.32 Å². The van der Waals surface area contributed by atoms with Crippen LogP contribution in [-0.4, -0.2) is 18.3 Å². The van der Waals surface area contributed by atoms with Gasteiger partial charge in [-0.15, -0.1) is 0 Å². The zero-order chi connectivity index (χ0) is 14.1. The van der Waals surface area contributed by atoms with Gasteiger partial charge in [0.2, 0.25) is 0 Å². The lowest BCUT2D eigenvalue weighted by molar-refractivity contribution is 0.270. The standard InChI is InChI=1S/C15H26N2OSi/c1-15(2,3)19(4,5)18-11-13-9-10-16-14(17-13)12-7-6-8-12/h9-10,12H,6-8,11H2,1-5H3. The summed E-state index contributed by atoms with van der Waals surface area (Å²) in [5, 5.41) is 0.247. The summed E-state index contributed by atoms with van der Waals surface area (Å²) in [5.74, 6) is 1.61. The Morgan fingerprint density at radius 2 is 2.00 bits per heavy atom. The van der Waals surface area contributed by atoms with Crippen LogP contribution in [0, 0.1) is 0 Å². The normalized spacial score (nSPS) is 17.3. The van der Waals surface area contributed by atoms with Crippen LogP contribution in [0.25, 0.3) is 0 Å². The van der Waals surface area contributed by atoms with Crippen LogP contribution in [0.15, 0.2) is 12.3 Å². The van der Waals surface area contributed by atoms with Crippen LogP contribution in [0.5, 0.6) is 0 Å². The van der Waals surface area contributed by atoms with E-state index in [2.05, 4.69) is 43.8 Å². The van der Waals surface area contributed by atoms with Crippen molar-refractivity contribution in [3.63, 3.8) is 0 Å². The lowest BCUT2D eigenvalue weighted by atomic mass is 9.85. The third-order valence-electron chi connectivity index (χ3n) is 4.59. The molecule has 0 unspecified atom stereocenters. The van der Waals surface area contributed by atoms with Crippen molar-refractivity contribution in [2.45, 2.75) is 70.7 Å². The lowest BCUT2D eigenvalue weighted by Gasteiger charge is -2.36. The summed E-state index contributed by atoms with van der Waals surface area (Å²) >= 11 is 0. The van der Waals surface area contributed by atoms with Crippen molar-refractivity contribution >= 4 is 8.32 Å².